The average molecular weight is 274 g/mol. The largest absolute Gasteiger partial charge is 0.574 e. The molecule has 1 aromatic rings. The molecular weight excluding hydrogens is 257 g/mol. The van der Waals surface area contributed by atoms with Gasteiger partial charge >= 0.3 is 6.36 Å². The molecule has 1 fully saturated rings. The highest BCUT2D eigenvalue weighted by molar-refractivity contribution is 5.25. The van der Waals surface area contributed by atoms with Crippen molar-refractivity contribution in [3.8, 4) is 5.88 Å². The Balaban J connectivity index is 2.07. The lowest BCUT2D eigenvalue weighted by Gasteiger charge is -2.23. The van der Waals surface area contributed by atoms with Gasteiger partial charge in [0.25, 0.3) is 0 Å². The molecule has 0 aliphatic carbocycles. The van der Waals surface area contributed by atoms with E-state index in [0.717, 1.165) is 37.9 Å². The topological polar surface area (TPSA) is 34.1 Å². The highest BCUT2D eigenvalue weighted by atomic mass is 19.4. The van der Waals surface area contributed by atoms with Crippen molar-refractivity contribution in [2.75, 3.05) is 13.1 Å². The number of pyridine rings is 1. The zero-order valence-corrected chi connectivity index (χ0v) is 10.8. The average Bonchev–Trinajstić information content (AvgIpc) is 2.26. The summed E-state index contributed by atoms with van der Waals surface area (Å²) < 4.78 is 40.5. The van der Waals surface area contributed by atoms with Crippen molar-refractivity contribution in [3.63, 3.8) is 0 Å². The first-order valence-corrected chi connectivity index (χ1v) is 6.36. The van der Waals surface area contributed by atoms with Gasteiger partial charge in [0.2, 0.25) is 5.88 Å². The molecule has 2 heterocycles. The third-order valence-corrected chi connectivity index (χ3v) is 3.13. The molecule has 0 bridgehead atoms. The van der Waals surface area contributed by atoms with Crippen LogP contribution in [0.4, 0.5) is 13.2 Å². The second kappa shape index (κ2) is 5.77. The van der Waals surface area contributed by atoms with Gasteiger partial charge < -0.3 is 10.1 Å². The summed E-state index contributed by atoms with van der Waals surface area (Å²) >= 11 is 0. The predicted octanol–water partition coefficient (Wildman–Crippen LogP) is 2.83. The Morgan fingerprint density at radius 1 is 1.42 bits per heavy atom. The molecule has 0 aromatic carbocycles. The van der Waals surface area contributed by atoms with Crippen molar-refractivity contribution < 1.29 is 17.9 Å². The first kappa shape index (κ1) is 14.1. The molecule has 0 spiro atoms. The summed E-state index contributed by atoms with van der Waals surface area (Å²) in [5.74, 6) is 0.0977. The quantitative estimate of drug-likeness (QED) is 0.920. The van der Waals surface area contributed by atoms with E-state index < -0.39 is 6.36 Å². The number of halogens is 3. The molecular formula is C13H17F3N2O. The third-order valence-electron chi connectivity index (χ3n) is 3.13. The summed E-state index contributed by atoms with van der Waals surface area (Å²) in [6.45, 7) is 3.61. The summed E-state index contributed by atoms with van der Waals surface area (Å²) in [6.07, 6.45) is -1.72. The van der Waals surface area contributed by atoms with Crippen LogP contribution in [0.2, 0.25) is 0 Å². The van der Waals surface area contributed by atoms with Gasteiger partial charge in [0, 0.05) is 11.8 Å². The van der Waals surface area contributed by atoms with E-state index in [-0.39, 0.29) is 5.88 Å². The number of nitrogens with one attached hydrogen (secondary N) is 1. The van der Waals surface area contributed by atoms with E-state index in [0.29, 0.717) is 11.6 Å². The Morgan fingerprint density at radius 2 is 2.21 bits per heavy atom. The molecule has 1 unspecified atom stereocenters. The normalized spacial score (nSPS) is 20.3. The molecule has 2 rings (SSSR count). The van der Waals surface area contributed by atoms with Crippen molar-refractivity contribution in [1.29, 1.82) is 0 Å². The highest BCUT2D eigenvalue weighted by Gasteiger charge is 2.32. The van der Waals surface area contributed by atoms with Gasteiger partial charge in [0.1, 0.15) is 0 Å². The number of alkyl halides is 3. The molecule has 106 valence electrons. The molecule has 1 aliphatic rings. The third kappa shape index (κ3) is 4.70. The first-order valence-electron chi connectivity index (χ1n) is 6.36. The SMILES string of the molecule is Cc1cc(CC2CCCNC2)cc(OC(F)(F)F)n1. The fourth-order valence-corrected chi connectivity index (χ4v) is 2.43. The number of ether oxygens (including phenoxy) is 1. The number of aryl methyl sites for hydroxylation is 1. The van der Waals surface area contributed by atoms with Crippen molar-refractivity contribution in [2.45, 2.75) is 32.5 Å². The second-order valence-electron chi connectivity index (χ2n) is 4.92. The number of rotatable bonds is 3. The molecule has 1 atom stereocenters. The Kier molecular flexibility index (Phi) is 4.29. The van der Waals surface area contributed by atoms with Gasteiger partial charge in [0.05, 0.1) is 0 Å². The lowest BCUT2D eigenvalue weighted by atomic mass is 9.92. The maximum Gasteiger partial charge on any atom is 0.574 e. The minimum Gasteiger partial charge on any atom is -0.388 e. The lowest BCUT2D eigenvalue weighted by molar-refractivity contribution is -0.276. The van der Waals surface area contributed by atoms with Crippen molar-refractivity contribution in [2.24, 2.45) is 5.92 Å². The van der Waals surface area contributed by atoms with E-state index >= 15 is 0 Å². The van der Waals surface area contributed by atoms with Gasteiger partial charge in [-0.05, 0) is 56.8 Å². The van der Waals surface area contributed by atoms with Crippen LogP contribution in [-0.4, -0.2) is 24.4 Å². The Bertz CT molecular complexity index is 428. The van der Waals surface area contributed by atoms with Crippen LogP contribution in [0.1, 0.15) is 24.1 Å². The Hall–Kier alpha value is -1.30. The first-order chi connectivity index (χ1) is 8.92. The van der Waals surface area contributed by atoms with Crippen molar-refractivity contribution in [1.82, 2.24) is 10.3 Å². The molecule has 0 amide bonds. The molecule has 0 radical (unpaired) electrons. The van der Waals surface area contributed by atoms with E-state index in [1.165, 1.54) is 6.07 Å². The minimum absolute atomic E-state index is 0.369. The van der Waals surface area contributed by atoms with Gasteiger partial charge in [-0.1, -0.05) is 0 Å². The van der Waals surface area contributed by atoms with Gasteiger partial charge in [-0.25, -0.2) is 4.98 Å². The number of hydrogen-bond acceptors (Lipinski definition) is 3. The standard InChI is InChI=1S/C13H17F3N2O/c1-9-5-11(6-10-3-2-4-17-8-10)7-12(18-9)19-13(14,15)16/h5,7,10,17H,2-4,6,8H2,1H3. The van der Waals surface area contributed by atoms with Gasteiger partial charge in [0.15, 0.2) is 0 Å². The van der Waals surface area contributed by atoms with Crippen LogP contribution in [0.3, 0.4) is 0 Å². The molecule has 19 heavy (non-hydrogen) atoms. The molecule has 1 aromatic heterocycles. The van der Waals surface area contributed by atoms with Crippen molar-refractivity contribution in [3.05, 3.63) is 23.4 Å². The van der Waals surface area contributed by atoms with Crippen LogP contribution in [0.25, 0.3) is 0 Å². The smallest absolute Gasteiger partial charge is 0.388 e. The molecule has 1 N–H and O–H groups in total. The lowest BCUT2D eigenvalue weighted by Crippen LogP contribution is -2.30. The van der Waals surface area contributed by atoms with E-state index in [1.54, 1.807) is 6.92 Å². The van der Waals surface area contributed by atoms with Crippen LogP contribution in [0.5, 0.6) is 5.88 Å². The molecule has 1 saturated heterocycles. The maximum absolute atomic E-state index is 12.2. The van der Waals surface area contributed by atoms with Gasteiger partial charge in [-0.15, -0.1) is 13.2 Å². The summed E-state index contributed by atoms with van der Waals surface area (Å²) in [4.78, 5) is 3.75. The van der Waals surface area contributed by atoms with E-state index in [4.69, 9.17) is 0 Å². The second-order valence-corrected chi connectivity index (χ2v) is 4.92. The van der Waals surface area contributed by atoms with E-state index in [1.807, 2.05) is 6.07 Å². The zero-order valence-electron chi connectivity index (χ0n) is 10.8. The highest BCUT2D eigenvalue weighted by Crippen LogP contribution is 2.24. The number of nitrogens with zero attached hydrogens (tertiary/aromatic N) is 1. The van der Waals surface area contributed by atoms with Crippen LogP contribution >= 0.6 is 0 Å². The maximum atomic E-state index is 12.2. The monoisotopic (exact) mass is 274 g/mol. The van der Waals surface area contributed by atoms with Crippen LogP contribution in [0, 0.1) is 12.8 Å². The zero-order chi connectivity index (χ0) is 13.9. The van der Waals surface area contributed by atoms with Crippen molar-refractivity contribution >= 4 is 0 Å². The minimum atomic E-state index is -4.69. The van der Waals surface area contributed by atoms with Gasteiger partial charge in [-0.3, -0.25) is 0 Å². The number of hydrogen-bond donors (Lipinski definition) is 1. The van der Waals surface area contributed by atoms with Gasteiger partial charge in [-0.2, -0.15) is 0 Å². The Morgan fingerprint density at radius 3 is 2.84 bits per heavy atom. The van der Waals surface area contributed by atoms with E-state index in [2.05, 4.69) is 15.0 Å². The van der Waals surface area contributed by atoms with E-state index in [9.17, 15) is 13.2 Å². The number of piperidine rings is 1. The van der Waals surface area contributed by atoms with Crippen LogP contribution in [-0.2, 0) is 6.42 Å². The molecule has 0 saturated carbocycles. The molecule has 3 nitrogen and oxygen atoms in total. The summed E-state index contributed by atoms with van der Waals surface area (Å²) in [5, 5.41) is 3.30. The Labute approximate surface area is 110 Å². The summed E-state index contributed by atoms with van der Waals surface area (Å²) in [7, 11) is 0. The summed E-state index contributed by atoms with van der Waals surface area (Å²) in [6, 6.07) is 3.20. The van der Waals surface area contributed by atoms with Crippen LogP contribution in [0.15, 0.2) is 12.1 Å². The predicted molar refractivity (Wildman–Crippen MR) is 65.0 cm³/mol. The summed E-state index contributed by atoms with van der Waals surface area (Å²) in [5.41, 5.74) is 1.39. The van der Waals surface area contributed by atoms with Crippen LogP contribution < -0.4 is 10.1 Å². The molecule has 1 aliphatic heterocycles. The molecule has 6 heteroatoms. The fraction of sp³-hybridized carbons (Fsp3) is 0.615. The number of aromatic nitrogens is 1. The fourth-order valence-electron chi connectivity index (χ4n) is 2.43.